The Balaban J connectivity index is 2.01. The van der Waals surface area contributed by atoms with Crippen molar-refractivity contribution in [2.24, 2.45) is 5.92 Å². The Bertz CT molecular complexity index is 277. The summed E-state index contributed by atoms with van der Waals surface area (Å²) in [6.07, 6.45) is 6.93. The van der Waals surface area contributed by atoms with Crippen molar-refractivity contribution in [1.82, 2.24) is 10.2 Å². The molecule has 2 rings (SSSR count). The van der Waals surface area contributed by atoms with E-state index in [2.05, 4.69) is 12.2 Å². The van der Waals surface area contributed by atoms with Crippen molar-refractivity contribution >= 4 is 5.91 Å². The van der Waals surface area contributed by atoms with Crippen LogP contribution in [0.5, 0.6) is 0 Å². The summed E-state index contributed by atoms with van der Waals surface area (Å²) in [7, 11) is 0. The third-order valence-corrected chi connectivity index (χ3v) is 4.43. The zero-order valence-electron chi connectivity index (χ0n) is 11.4. The Morgan fingerprint density at radius 1 is 1.28 bits per heavy atom. The first-order valence-electron chi connectivity index (χ1n) is 7.38. The fourth-order valence-electron chi connectivity index (χ4n) is 3.36. The molecule has 0 aromatic rings. The number of nitrogens with one attached hydrogen (secondary N) is 1. The second kappa shape index (κ2) is 6.53. The van der Waals surface area contributed by atoms with Gasteiger partial charge in [-0.15, -0.1) is 0 Å². The summed E-state index contributed by atoms with van der Waals surface area (Å²) in [5.41, 5.74) is 0. The maximum atomic E-state index is 12.6. The number of nitrogens with zero attached hydrogens (tertiary/aromatic N) is 1. The molecule has 0 radical (unpaired) electrons. The second-order valence-corrected chi connectivity index (χ2v) is 5.74. The van der Waals surface area contributed by atoms with E-state index in [0.29, 0.717) is 18.5 Å². The van der Waals surface area contributed by atoms with E-state index in [-0.39, 0.29) is 18.6 Å². The largest absolute Gasteiger partial charge is 0.395 e. The Labute approximate surface area is 110 Å². The average Bonchev–Trinajstić information content (AvgIpc) is 2.89. The van der Waals surface area contributed by atoms with E-state index in [9.17, 15) is 9.90 Å². The Morgan fingerprint density at radius 2 is 2.00 bits per heavy atom. The predicted molar refractivity (Wildman–Crippen MR) is 71.2 cm³/mol. The minimum absolute atomic E-state index is 0.0362. The van der Waals surface area contributed by atoms with Crippen LogP contribution in [-0.2, 0) is 4.79 Å². The highest BCUT2D eigenvalue weighted by molar-refractivity contribution is 5.82. The van der Waals surface area contributed by atoms with Crippen LogP contribution >= 0.6 is 0 Å². The van der Waals surface area contributed by atoms with Crippen molar-refractivity contribution in [2.75, 3.05) is 19.7 Å². The summed E-state index contributed by atoms with van der Waals surface area (Å²) in [6.45, 7) is 3.66. The molecule has 2 fully saturated rings. The van der Waals surface area contributed by atoms with E-state index < -0.39 is 0 Å². The molecule has 2 unspecified atom stereocenters. The van der Waals surface area contributed by atoms with Crippen LogP contribution < -0.4 is 5.32 Å². The molecule has 1 aliphatic heterocycles. The molecule has 1 aliphatic carbocycles. The maximum absolute atomic E-state index is 12.6. The van der Waals surface area contributed by atoms with Gasteiger partial charge in [-0.1, -0.05) is 19.8 Å². The van der Waals surface area contributed by atoms with Crippen molar-refractivity contribution in [3.8, 4) is 0 Å². The number of carbonyl (C=O) groups is 1. The molecule has 4 nitrogen and oxygen atoms in total. The molecule has 1 saturated heterocycles. The molecular formula is C14H26N2O2. The zero-order valence-corrected chi connectivity index (χ0v) is 11.4. The van der Waals surface area contributed by atoms with Gasteiger partial charge in [-0.25, -0.2) is 0 Å². The molecule has 4 heteroatoms. The van der Waals surface area contributed by atoms with Gasteiger partial charge in [-0.3, -0.25) is 4.79 Å². The summed E-state index contributed by atoms with van der Waals surface area (Å²) in [6, 6.07) is 0.325. The SMILES string of the molecule is CC1CCCNC1C(=O)N(CCO)C1CCCC1. The van der Waals surface area contributed by atoms with Crippen molar-refractivity contribution < 1.29 is 9.90 Å². The van der Waals surface area contributed by atoms with Crippen molar-refractivity contribution in [1.29, 1.82) is 0 Å². The number of hydrogen-bond donors (Lipinski definition) is 2. The zero-order chi connectivity index (χ0) is 13.0. The smallest absolute Gasteiger partial charge is 0.240 e. The predicted octanol–water partition coefficient (Wildman–Crippen LogP) is 1.14. The van der Waals surface area contributed by atoms with Crippen LogP contribution in [0.25, 0.3) is 0 Å². The summed E-state index contributed by atoms with van der Waals surface area (Å²) in [4.78, 5) is 14.6. The van der Waals surface area contributed by atoms with Gasteiger partial charge in [-0.2, -0.15) is 0 Å². The van der Waals surface area contributed by atoms with E-state index in [1.165, 1.54) is 12.8 Å². The molecule has 18 heavy (non-hydrogen) atoms. The molecule has 1 saturated carbocycles. The van der Waals surface area contributed by atoms with Crippen LogP contribution in [0.3, 0.4) is 0 Å². The molecular weight excluding hydrogens is 228 g/mol. The van der Waals surface area contributed by atoms with Crippen LogP contribution in [0.4, 0.5) is 0 Å². The minimum Gasteiger partial charge on any atom is -0.395 e. The molecule has 1 amide bonds. The molecule has 0 spiro atoms. The lowest BCUT2D eigenvalue weighted by Gasteiger charge is -2.36. The Morgan fingerprint density at radius 3 is 2.61 bits per heavy atom. The number of hydrogen-bond acceptors (Lipinski definition) is 3. The number of piperidine rings is 1. The van der Waals surface area contributed by atoms with Gasteiger partial charge in [0, 0.05) is 12.6 Å². The first kappa shape index (κ1) is 13.8. The molecule has 0 aromatic carbocycles. The number of carbonyl (C=O) groups excluding carboxylic acids is 1. The summed E-state index contributed by atoms with van der Waals surface area (Å²) < 4.78 is 0. The molecule has 104 valence electrons. The normalized spacial score (nSPS) is 29.4. The summed E-state index contributed by atoms with van der Waals surface area (Å²) >= 11 is 0. The topological polar surface area (TPSA) is 52.6 Å². The second-order valence-electron chi connectivity index (χ2n) is 5.74. The van der Waals surface area contributed by atoms with Gasteiger partial charge < -0.3 is 15.3 Å². The average molecular weight is 254 g/mol. The lowest BCUT2D eigenvalue weighted by atomic mass is 9.91. The number of aliphatic hydroxyl groups excluding tert-OH is 1. The first-order chi connectivity index (χ1) is 8.74. The number of amides is 1. The standard InChI is InChI=1S/C14H26N2O2/c1-11-5-4-8-15-13(11)14(18)16(9-10-17)12-6-2-3-7-12/h11-13,15,17H,2-10H2,1H3. The monoisotopic (exact) mass is 254 g/mol. The van der Waals surface area contributed by atoms with Crippen LogP contribution in [0.2, 0.25) is 0 Å². The van der Waals surface area contributed by atoms with Gasteiger partial charge in [-0.05, 0) is 38.1 Å². The summed E-state index contributed by atoms with van der Waals surface area (Å²) in [5, 5.41) is 12.6. The fourth-order valence-corrected chi connectivity index (χ4v) is 3.36. The van der Waals surface area contributed by atoms with E-state index in [0.717, 1.165) is 32.2 Å². The Kier molecular flexibility index (Phi) is 5.01. The number of aliphatic hydroxyl groups is 1. The maximum Gasteiger partial charge on any atom is 0.240 e. The van der Waals surface area contributed by atoms with E-state index in [1.807, 2.05) is 4.90 Å². The van der Waals surface area contributed by atoms with Crippen LogP contribution in [0.15, 0.2) is 0 Å². The van der Waals surface area contributed by atoms with Gasteiger partial charge in [0.1, 0.15) is 0 Å². The van der Waals surface area contributed by atoms with Crippen molar-refractivity contribution in [3.05, 3.63) is 0 Å². The van der Waals surface area contributed by atoms with Gasteiger partial charge in [0.05, 0.1) is 12.6 Å². The van der Waals surface area contributed by atoms with Crippen LogP contribution in [0, 0.1) is 5.92 Å². The molecule has 2 aliphatic rings. The van der Waals surface area contributed by atoms with Gasteiger partial charge in [0.25, 0.3) is 0 Å². The van der Waals surface area contributed by atoms with E-state index in [4.69, 9.17) is 0 Å². The van der Waals surface area contributed by atoms with Crippen LogP contribution in [-0.4, -0.2) is 47.7 Å². The van der Waals surface area contributed by atoms with Gasteiger partial charge in [0.2, 0.25) is 5.91 Å². The lowest BCUT2D eigenvalue weighted by molar-refractivity contribution is -0.138. The van der Waals surface area contributed by atoms with Gasteiger partial charge in [0.15, 0.2) is 0 Å². The third-order valence-electron chi connectivity index (χ3n) is 4.43. The van der Waals surface area contributed by atoms with Crippen molar-refractivity contribution in [3.63, 3.8) is 0 Å². The molecule has 2 N–H and O–H groups in total. The highest BCUT2D eigenvalue weighted by Crippen LogP contribution is 2.26. The minimum atomic E-state index is -0.0362. The Hall–Kier alpha value is -0.610. The number of rotatable bonds is 4. The van der Waals surface area contributed by atoms with E-state index >= 15 is 0 Å². The quantitative estimate of drug-likeness (QED) is 0.791. The highest BCUT2D eigenvalue weighted by Gasteiger charge is 2.34. The third kappa shape index (κ3) is 3.04. The summed E-state index contributed by atoms with van der Waals surface area (Å²) in [5.74, 6) is 0.622. The molecule has 0 aromatic heterocycles. The van der Waals surface area contributed by atoms with E-state index in [1.54, 1.807) is 0 Å². The molecule has 2 atom stereocenters. The first-order valence-corrected chi connectivity index (χ1v) is 7.38. The van der Waals surface area contributed by atoms with Crippen molar-refractivity contribution in [2.45, 2.75) is 57.5 Å². The fraction of sp³-hybridized carbons (Fsp3) is 0.929. The van der Waals surface area contributed by atoms with Gasteiger partial charge >= 0.3 is 0 Å². The molecule has 0 bridgehead atoms. The van der Waals surface area contributed by atoms with Crippen LogP contribution in [0.1, 0.15) is 45.4 Å². The lowest BCUT2D eigenvalue weighted by Crippen LogP contribution is -2.55. The highest BCUT2D eigenvalue weighted by atomic mass is 16.3. The molecule has 1 heterocycles.